The van der Waals surface area contributed by atoms with Crippen molar-refractivity contribution in [2.75, 3.05) is 6.54 Å². The van der Waals surface area contributed by atoms with E-state index >= 15 is 0 Å². The Labute approximate surface area is 111 Å². The fourth-order valence-electron chi connectivity index (χ4n) is 3.41. The summed E-state index contributed by atoms with van der Waals surface area (Å²) in [4.78, 5) is 0. The van der Waals surface area contributed by atoms with Gasteiger partial charge >= 0.3 is 0 Å². The van der Waals surface area contributed by atoms with Gasteiger partial charge in [-0.25, -0.2) is 4.39 Å². The van der Waals surface area contributed by atoms with Crippen molar-refractivity contribution in [1.29, 1.82) is 0 Å². The predicted molar refractivity (Wildman–Crippen MR) is 69.1 cm³/mol. The SMILES string of the molecule is NCC1(Cc2ccc(F)cc2Cl)CC2CCC1O2. The molecule has 2 fully saturated rings. The van der Waals surface area contributed by atoms with Crippen LogP contribution in [0, 0.1) is 11.2 Å². The normalized spacial score (nSPS) is 34.2. The van der Waals surface area contributed by atoms with E-state index in [1.807, 2.05) is 0 Å². The van der Waals surface area contributed by atoms with Crippen LogP contribution in [-0.2, 0) is 11.2 Å². The fraction of sp³-hybridized carbons (Fsp3) is 0.571. The third kappa shape index (κ3) is 1.94. The quantitative estimate of drug-likeness (QED) is 0.916. The Kier molecular flexibility index (Phi) is 3.08. The van der Waals surface area contributed by atoms with E-state index < -0.39 is 0 Å². The lowest BCUT2D eigenvalue weighted by atomic mass is 9.70. The van der Waals surface area contributed by atoms with Crippen molar-refractivity contribution in [1.82, 2.24) is 0 Å². The van der Waals surface area contributed by atoms with Gasteiger partial charge in [-0.1, -0.05) is 17.7 Å². The zero-order chi connectivity index (χ0) is 12.8. The van der Waals surface area contributed by atoms with Crippen molar-refractivity contribution in [2.45, 2.75) is 37.9 Å². The van der Waals surface area contributed by atoms with Crippen LogP contribution in [0.25, 0.3) is 0 Å². The van der Waals surface area contributed by atoms with Gasteiger partial charge in [-0.2, -0.15) is 0 Å². The summed E-state index contributed by atoms with van der Waals surface area (Å²) in [5, 5.41) is 0.491. The smallest absolute Gasteiger partial charge is 0.124 e. The Morgan fingerprint density at radius 1 is 1.44 bits per heavy atom. The standard InChI is InChI=1S/C14H17ClFNO/c15-12-5-10(16)2-1-9(12)6-14(8-17)7-11-3-4-13(14)18-11/h1-2,5,11,13H,3-4,6-8,17H2. The average molecular weight is 270 g/mol. The number of benzene rings is 1. The second kappa shape index (κ2) is 4.48. The fourth-order valence-corrected chi connectivity index (χ4v) is 3.64. The lowest BCUT2D eigenvalue weighted by Gasteiger charge is -2.34. The van der Waals surface area contributed by atoms with Crippen LogP contribution in [-0.4, -0.2) is 18.8 Å². The summed E-state index contributed by atoms with van der Waals surface area (Å²) in [6, 6.07) is 4.59. The summed E-state index contributed by atoms with van der Waals surface area (Å²) >= 11 is 6.11. The Morgan fingerprint density at radius 3 is 2.83 bits per heavy atom. The summed E-state index contributed by atoms with van der Waals surface area (Å²) in [5.41, 5.74) is 6.95. The number of hydrogen-bond acceptors (Lipinski definition) is 2. The third-order valence-electron chi connectivity index (χ3n) is 4.39. The molecule has 98 valence electrons. The summed E-state index contributed by atoms with van der Waals surface area (Å²) in [6.45, 7) is 0.599. The minimum Gasteiger partial charge on any atom is -0.374 e. The van der Waals surface area contributed by atoms with Crippen LogP contribution in [0.1, 0.15) is 24.8 Å². The van der Waals surface area contributed by atoms with Gasteiger partial charge in [-0.3, -0.25) is 0 Å². The first kappa shape index (κ1) is 12.4. The van der Waals surface area contributed by atoms with Gasteiger partial charge in [0.2, 0.25) is 0 Å². The molecular weight excluding hydrogens is 253 g/mol. The summed E-state index contributed by atoms with van der Waals surface area (Å²) in [7, 11) is 0. The molecule has 2 heterocycles. The molecule has 2 aliphatic heterocycles. The van der Waals surface area contributed by atoms with Crippen molar-refractivity contribution >= 4 is 11.6 Å². The predicted octanol–water partition coefficient (Wildman–Crippen LogP) is 2.92. The molecule has 0 saturated carbocycles. The van der Waals surface area contributed by atoms with Gasteiger partial charge in [0.25, 0.3) is 0 Å². The van der Waals surface area contributed by atoms with Gasteiger partial charge in [0.1, 0.15) is 5.82 Å². The summed E-state index contributed by atoms with van der Waals surface area (Å²) < 4.78 is 19.0. The molecular formula is C14H17ClFNO. The van der Waals surface area contributed by atoms with Crippen LogP contribution in [0.3, 0.4) is 0 Å². The minimum absolute atomic E-state index is 0.00954. The van der Waals surface area contributed by atoms with Crippen LogP contribution < -0.4 is 5.73 Å². The maximum atomic E-state index is 13.1. The lowest BCUT2D eigenvalue weighted by Crippen LogP contribution is -2.41. The molecule has 18 heavy (non-hydrogen) atoms. The van der Waals surface area contributed by atoms with Crippen LogP contribution in [0.2, 0.25) is 5.02 Å². The second-order valence-electron chi connectivity index (χ2n) is 5.51. The maximum absolute atomic E-state index is 13.1. The minimum atomic E-state index is -0.297. The summed E-state index contributed by atoms with van der Waals surface area (Å²) in [5.74, 6) is -0.297. The monoisotopic (exact) mass is 269 g/mol. The van der Waals surface area contributed by atoms with Gasteiger partial charge < -0.3 is 10.5 Å². The zero-order valence-corrected chi connectivity index (χ0v) is 10.9. The number of halogens is 2. The molecule has 0 radical (unpaired) electrons. The van der Waals surface area contributed by atoms with E-state index in [0.717, 1.165) is 31.2 Å². The van der Waals surface area contributed by atoms with Crippen molar-refractivity contribution in [3.8, 4) is 0 Å². The molecule has 0 aliphatic carbocycles. The molecule has 2 bridgehead atoms. The molecule has 2 nitrogen and oxygen atoms in total. The molecule has 1 aromatic carbocycles. The van der Waals surface area contributed by atoms with E-state index in [1.54, 1.807) is 6.07 Å². The largest absolute Gasteiger partial charge is 0.374 e. The van der Waals surface area contributed by atoms with Crippen LogP contribution in [0.4, 0.5) is 4.39 Å². The Hall–Kier alpha value is -0.640. The van der Waals surface area contributed by atoms with Crippen molar-refractivity contribution in [2.24, 2.45) is 11.1 Å². The Morgan fingerprint density at radius 2 is 2.28 bits per heavy atom. The molecule has 0 aromatic heterocycles. The Balaban J connectivity index is 1.86. The zero-order valence-electron chi connectivity index (χ0n) is 10.2. The Bertz CT molecular complexity index is 467. The summed E-state index contributed by atoms with van der Waals surface area (Å²) in [6.07, 6.45) is 4.61. The average Bonchev–Trinajstić information content (AvgIpc) is 2.93. The van der Waals surface area contributed by atoms with Gasteiger partial charge in [-0.15, -0.1) is 0 Å². The number of nitrogens with two attached hydrogens (primary N) is 1. The van der Waals surface area contributed by atoms with E-state index in [0.29, 0.717) is 17.7 Å². The van der Waals surface area contributed by atoms with Crippen molar-refractivity contribution in [3.63, 3.8) is 0 Å². The molecule has 3 unspecified atom stereocenters. The second-order valence-corrected chi connectivity index (χ2v) is 5.91. The molecule has 3 rings (SSSR count). The third-order valence-corrected chi connectivity index (χ3v) is 4.74. The van der Waals surface area contributed by atoms with Crippen LogP contribution >= 0.6 is 11.6 Å². The van der Waals surface area contributed by atoms with Crippen LogP contribution in [0.15, 0.2) is 18.2 Å². The van der Waals surface area contributed by atoms with Crippen LogP contribution in [0.5, 0.6) is 0 Å². The highest BCUT2D eigenvalue weighted by Crippen LogP contribution is 2.49. The molecule has 0 spiro atoms. The highest BCUT2D eigenvalue weighted by atomic mass is 35.5. The molecule has 1 aromatic rings. The van der Waals surface area contributed by atoms with Crippen molar-refractivity contribution in [3.05, 3.63) is 34.6 Å². The van der Waals surface area contributed by atoms with Gasteiger partial charge in [0, 0.05) is 17.0 Å². The molecule has 2 N–H and O–H groups in total. The van der Waals surface area contributed by atoms with Gasteiger partial charge in [-0.05, 0) is 43.4 Å². The highest BCUT2D eigenvalue weighted by Gasteiger charge is 2.51. The number of rotatable bonds is 3. The molecule has 2 saturated heterocycles. The van der Waals surface area contributed by atoms with Gasteiger partial charge in [0.15, 0.2) is 0 Å². The van der Waals surface area contributed by atoms with E-state index in [-0.39, 0.29) is 17.3 Å². The number of fused-ring (bicyclic) bond motifs is 2. The molecule has 2 aliphatic rings. The first-order valence-corrected chi connectivity index (χ1v) is 6.80. The lowest BCUT2D eigenvalue weighted by molar-refractivity contribution is 0.0636. The van der Waals surface area contributed by atoms with E-state index in [2.05, 4.69) is 0 Å². The van der Waals surface area contributed by atoms with E-state index in [4.69, 9.17) is 22.1 Å². The first-order valence-electron chi connectivity index (χ1n) is 6.42. The number of hydrogen-bond donors (Lipinski definition) is 1. The molecule has 4 heteroatoms. The van der Waals surface area contributed by atoms with Crippen molar-refractivity contribution < 1.29 is 9.13 Å². The maximum Gasteiger partial charge on any atom is 0.124 e. The van der Waals surface area contributed by atoms with E-state index in [1.165, 1.54) is 12.1 Å². The molecule has 0 amide bonds. The first-order chi connectivity index (χ1) is 8.63. The highest BCUT2D eigenvalue weighted by molar-refractivity contribution is 6.31. The topological polar surface area (TPSA) is 35.2 Å². The molecule has 3 atom stereocenters. The van der Waals surface area contributed by atoms with E-state index in [9.17, 15) is 4.39 Å². The number of ether oxygens (including phenoxy) is 1. The van der Waals surface area contributed by atoms with Gasteiger partial charge in [0.05, 0.1) is 12.2 Å².